The first-order valence-electron chi connectivity index (χ1n) is 7.56. The maximum absolute atomic E-state index is 12.4. The van der Waals surface area contributed by atoms with Crippen LogP contribution in [0.3, 0.4) is 0 Å². The third-order valence-corrected chi connectivity index (χ3v) is 3.92. The number of aryl methyl sites for hydroxylation is 1. The quantitative estimate of drug-likeness (QED) is 0.851. The largest absolute Gasteiger partial charge is 0.424 e. The zero-order valence-corrected chi connectivity index (χ0v) is 13.7. The highest BCUT2D eigenvalue weighted by molar-refractivity contribution is 5.81. The second-order valence-corrected chi connectivity index (χ2v) is 6.91. The average Bonchev–Trinajstić information content (AvgIpc) is 2.81. The molecule has 0 aliphatic carbocycles. The van der Waals surface area contributed by atoms with Crippen molar-refractivity contribution in [3.8, 4) is 0 Å². The SMILES string of the molecule is Cc1nnc(CN2CCCC(N(C)C(=O)C(C)(C)C)C2)o1. The molecule has 1 saturated heterocycles. The molecule has 0 bridgehead atoms. The summed E-state index contributed by atoms with van der Waals surface area (Å²) >= 11 is 0. The van der Waals surface area contributed by atoms with Crippen LogP contribution in [-0.4, -0.2) is 52.1 Å². The molecular weight excluding hydrogens is 268 g/mol. The zero-order chi connectivity index (χ0) is 15.6. The number of hydrogen-bond donors (Lipinski definition) is 0. The van der Waals surface area contributed by atoms with Gasteiger partial charge in [-0.2, -0.15) is 0 Å². The molecule has 118 valence electrons. The van der Waals surface area contributed by atoms with Crippen LogP contribution in [0.4, 0.5) is 0 Å². The van der Waals surface area contributed by atoms with Gasteiger partial charge in [-0.15, -0.1) is 10.2 Å². The molecule has 6 heteroatoms. The van der Waals surface area contributed by atoms with Crippen molar-refractivity contribution in [1.82, 2.24) is 20.0 Å². The van der Waals surface area contributed by atoms with Crippen LogP contribution in [0.15, 0.2) is 4.42 Å². The van der Waals surface area contributed by atoms with E-state index in [9.17, 15) is 4.79 Å². The van der Waals surface area contributed by atoms with Gasteiger partial charge in [0.05, 0.1) is 6.54 Å². The number of aromatic nitrogens is 2. The van der Waals surface area contributed by atoms with Crippen LogP contribution in [-0.2, 0) is 11.3 Å². The Labute approximate surface area is 126 Å². The summed E-state index contributed by atoms with van der Waals surface area (Å²) in [5.41, 5.74) is -0.333. The number of amides is 1. The van der Waals surface area contributed by atoms with Gasteiger partial charge in [-0.1, -0.05) is 20.8 Å². The molecule has 0 aromatic carbocycles. The predicted molar refractivity (Wildman–Crippen MR) is 79.6 cm³/mol. The molecule has 1 atom stereocenters. The van der Waals surface area contributed by atoms with Gasteiger partial charge in [0.2, 0.25) is 17.7 Å². The second kappa shape index (κ2) is 6.13. The highest BCUT2D eigenvalue weighted by atomic mass is 16.4. The van der Waals surface area contributed by atoms with Gasteiger partial charge in [-0.05, 0) is 19.4 Å². The lowest BCUT2D eigenvalue weighted by Crippen LogP contribution is -2.50. The van der Waals surface area contributed by atoms with Crippen molar-refractivity contribution < 1.29 is 9.21 Å². The molecule has 1 aromatic rings. The fourth-order valence-electron chi connectivity index (χ4n) is 2.78. The van der Waals surface area contributed by atoms with Gasteiger partial charge < -0.3 is 9.32 Å². The van der Waals surface area contributed by atoms with E-state index in [2.05, 4.69) is 15.1 Å². The Morgan fingerprint density at radius 1 is 1.43 bits per heavy atom. The molecule has 2 rings (SSSR count). The Morgan fingerprint density at radius 3 is 2.71 bits per heavy atom. The highest BCUT2D eigenvalue weighted by Gasteiger charge is 2.32. The van der Waals surface area contributed by atoms with Gasteiger partial charge in [0.15, 0.2) is 0 Å². The number of likely N-dealkylation sites (N-methyl/N-ethyl adjacent to an activating group) is 1. The van der Waals surface area contributed by atoms with Crippen LogP contribution < -0.4 is 0 Å². The Hall–Kier alpha value is -1.43. The van der Waals surface area contributed by atoms with Gasteiger partial charge in [0.25, 0.3) is 0 Å². The van der Waals surface area contributed by atoms with E-state index in [1.807, 2.05) is 32.7 Å². The predicted octanol–water partition coefficient (Wildman–Crippen LogP) is 1.85. The molecule has 1 fully saturated rings. The first kappa shape index (κ1) is 15.9. The third kappa shape index (κ3) is 4.03. The molecule has 1 aliphatic heterocycles. The molecule has 6 nitrogen and oxygen atoms in total. The van der Waals surface area contributed by atoms with Crippen LogP contribution in [0.5, 0.6) is 0 Å². The zero-order valence-electron chi connectivity index (χ0n) is 13.7. The van der Waals surface area contributed by atoms with E-state index in [1.54, 1.807) is 6.92 Å². The van der Waals surface area contributed by atoms with Crippen molar-refractivity contribution in [1.29, 1.82) is 0 Å². The smallest absolute Gasteiger partial charge is 0.230 e. The van der Waals surface area contributed by atoms with Gasteiger partial charge >= 0.3 is 0 Å². The number of hydrogen-bond acceptors (Lipinski definition) is 5. The van der Waals surface area contributed by atoms with Gasteiger partial charge in [-0.25, -0.2) is 0 Å². The molecule has 0 saturated carbocycles. The molecule has 1 aliphatic rings. The Bertz CT molecular complexity index is 492. The van der Waals surface area contributed by atoms with Crippen LogP contribution in [0.2, 0.25) is 0 Å². The molecule has 1 unspecified atom stereocenters. The van der Waals surface area contributed by atoms with E-state index in [-0.39, 0.29) is 17.4 Å². The van der Waals surface area contributed by atoms with E-state index in [0.29, 0.717) is 18.3 Å². The maximum atomic E-state index is 12.4. The van der Waals surface area contributed by atoms with Crippen molar-refractivity contribution in [2.75, 3.05) is 20.1 Å². The summed E-state index contributed by atoms with van der Waals surface area (Å²) in [5, 5.41) is 7.90. The first-order valence-corrected chi connectivity index (χ1v) is 7.56. The lowest BCUT2D eigenvalue weighted by Gasteiger charge is -2.39. The first-order chi connectivity index (χ1) is 9.77. The summed E-state index contributed by atoms with van der Waals surface area (Å²) in [6.07, 6.45) is 2.14. The average molecular weight is 294 g/mol. The Kier molecular flexibility index (Phi) is 4.66. The minimum Gasteiger partial charge on any atom is -0.424 e. The molecule has 1 amide bonds. The summed E-state index contributed by atoms with van der Waals surface area (Å²) in [5.74, 6) is 1.44. The Balaban J connectivity index is 1.95. The summed E-state index contributed by atoms with van der Waals surface area (Å²) in [6, 6.07) is 0.259. The Morgan fingerprint density at radius 2 is 2.14 bits per heavy atom. The summed E-state index contributed by atoms with van der Waals surface area (Å²) in [4.78, 5) is 16.6. The standard InChI is InChI=1S/C15H26N4O2/c1-11-16-17-13(21-11)10-19-8-6-7-12(9-19)18(5)14(20)15(2,3)4/h12H,6-10H2,1-5H3. The molecule has 2 heterocycles. The monoisotopic (exact) mass is 294 g/mol. The van der Waals surface area contributed by atoms with Crippen molar-refractivity contribution in [2.45, 2.75) is 53.1 Å². The van der Waals surface area contributed by atoms with E-state index >= 15 is 0 Å². The topological polar surface area (TPSA) is 62.5 Å². The molecule has 1 aromatic heterocycles. The van der Waals surface area contributed by atoms with E-state index < -0.39 is 0 Å². The lowest BCUT2D eigenvalue weighted by atomic mass is 9.93. The summed E-state index contributed by atoms with van der Waals surface area (Å²) in [6.45, 7) is 10.2. The van der Waals surface area contributed by atoms with Crippen molar-refractivity contribution in [2.24, 2.45) is 5.41 Å². The van der Waals surface area contributed by atoms with Gasteiger partial charge in [0.1, 0.15) is 0 Å². The maximum Gasteiger partial charge on any atom is 0.230 e. The fraction of sp³-hybridized carbons (Fsp3) is 0.800. The molecule has 0 N–H and O–H groups in total. The van der Waals surface area contributed by atoms with E-state index in [0.717, 1.165) is 25.9 Å². The minimum absolute atomic E-state index is 0.197. The molecule has 0 spiro atoms. The van der Waals surface area contributed by atoms with Gasteiger partial charge in [0, 0.05) is 32.0 Å². The molecule has 21 heavy (non-hydrogen) atoms. The van der Waals surface area contributed by atoms with Crippen LogP contribution in [0.1, 0.15) is 45.4 Å². The van der Waals surface area contributed by atoms with Crippen LogP contribution in [0.25, 0.3) is 0 Å². The number of carbonyl (C=O) groups excluding carboxylic acids is 1. The molecular formula is C15H26N4O2. The van der Waals surface area contributed by atoms with Gasteiger partial charge in [-0.3, -0.25) is 9.69 Å². The summed E-state index contributed by atoms with van der Waals surface area (Å²) in [7, 11) is 1.92. The van der Waals surface area contributed by atoms with Crippen molar-refractivity contribution in [3.05, 3.63) is 11.8 Å². The lowest BCUT2D eigenvalue weighted by molar-refractivity contribution is -0.141. The number of piperidine rings is 1. The summed E-state index contributed by atoms with van der Waals surface area (Å²) < 4.78 is 5.44. The number of likely N-dealkylation sites (tertiary alicyclic amines) is 1. The van der Waals surface area contributed by atoms with Crippen LogP contribution in [0, 0.1) is 12.3 Å². The van der Waals surface area contributed by atoms with Crippen LogP contribution >= 0.6 is 0 Å². The fourth-order valence-corrected chi connectivity index (χ4v) is 2.78. The van der Waals surface area contributed by atoms with E-state index in [1.165, 1.54) is 0 Å². The van der Waals surface area contributed by atoms with Crippen molar-refractivity contribution in [3.63, 3.8) is 0 Å². The minimum atomic E-state index is -0.333. The number of rotatable bonds is 3. The second-order valence-electron chi connectivity index (χ2n) is 6.91. The number of carbonyl (C=O) groups is 1. The third-order valence-electron chi connectivity index (χ3n) is 3.92. The molecule has 0 radical (unpaired) electrons. The number of nitrogens with zero attached hydrogens (tertiary/aromatic N) is 4. The highest BCUT2D eigenvalue weighted by Crippen LogP contribution is 2.22. The normalized spacial score (nSPS) is 20.5. The van der Waals surface area contributed by atoms with E-state index in [4.69, 9.17) is 4.42 Å². The van der Waals surface area contributed by atoms with Crippen molar-refractivity contribution >= 4 is 5.91 Å².